The van der Waals surface area contributed by atoms with Gasteiger partial charge in [-0.1, -0.05) is 17.7 Å². The predicted molar refractivity (Wildman–Crippen MR) is 113 cm³/mol. The number of amides is 1. The number of anilines is 2. The van der Waals surface area contributed by atoms with Gasteiger partial charge in [0.15, 0.2) is 0 Å². The van der Waals surface area contributed by atoms with Gasteiger partial charge in [0.05, 0.1) is 27.7 Å². The zero-order valence-electron chi connectivity index (χ0n) is 14.5. The number of aromatic nitrogens is 1. The Morgan fingerprint density at radius 2 is 2.15 bits per heavy atom. The number of thiophene rings is 1. The van der Waals surface area contributed by atoms with E-state index in [1.54, 1.807) is 17.4 Å². The lowest BCUT2D eigenvalue weighted by molar-refractivity contribution is -0.115. The van der Waals surface area contributed by atoms with Crippen molar-refractivity contribution in [1.29, 1.82) is 0 Å². The van der Waals surface area contributed by atoms with E-state index in [-0.39, 0.29) is 12.3 Å². The quantitative estimate of drug-likeness (QED) is 0.644. The third-order valence-electron chi connectivity index (χ3n) is 4.21. The molecule has 1 N–H and O–H groups in total. The van der Waals surface area contributed by atoms with E-state index in [1.807, 2.05) is 41.4 Å². The van der Waals surface area contributed by atoms with Crippen LogP contribution in [0.25, 0.3) is 10.8 Å². The minimum atomic E-state index is -0.154. The first kappa shape index (κ1) is 18.4. The molecule has 2 aromatic heterocycles. The first-order chi connectivity index (χ1) is 13.2. The van der Waals surface area contributed by atoms with E-state index in [0.29, 0.717) is 22.3 Å². The van der Waals surface area contributed by atoms with Crippen LogP contribution in [0.2, 0.25) is 5.02 Å². The first-order valence-electron chi connectivity index (χ1n) is 8.59. The Morgan fingerprint density at radius 1 is 1.30 bits per heavy atom. The Hall–Kier alpha value is -1.96. The first-order valence-corrected chi connectivity index (χ1v) is 11.0. The number of benzene rings is 1. The summed E-state index contributed by atoms with van der Waals surface area (Å²) in [6.07, 6.45) is 1.68. The van der Waals surface area contributed by atoms with Crippen LogP contribution in [0.5, 0.6) is 0 Å². The van der Waals surface area contributed by atoms with Crippen LogP contribution in [0, 0.1) is 0 Å². The molecule has 0 atom stereocenters. The zero-order valence-corrected chi connectivity index (χ0v) is 16.9. The lowest BCUT2D eigenvalue weighted by Crippen LogP contribution is -2.32. The summed E-state index contributed by atoms with van der Waals surface area (Å²) in [6.45, 7) is 1.99. The molecule has 1 aliphatic rings. The SMILES string of the molecule is O=C(Cc1coc(-c2cccs2)n1)Nc1ccc(N2CCSCC2)c(Cl)c1. The highest BCUT2D eigenvalue weighted by atomic mass is 35.5. The van der Waals surface area contributed by atoms with Crippen LogP contribution in [0.4, 0.5) is 11.4 Å². The molecule has 1 saturated heterocycles. The van der Waals surface area contributed by atoms with E-state index in [0.717, 1.165) is 35.2 Å². The second-order valence-corrected chi connectivity index (χ2v) is 8.69. The van der Waals surface area contributed by atoms with Crippen molar-refractivity contribution in [3.05, 3.63) is 52.7 Å². The van der Waals surface area contributed by atoms with Gasteiger partial charge in [-0.15, -0.1) is 11.3 Å². The molecule has 0 saturated carbocycles. The summed E-state index contributed by atoms with van der Waals surface area (Å²) in [5.41, 5.74) is 2.30. The Bertz CT molecular complexity index is 921. The highest BCUT2D eigenvalue weighted by molar-refractivity contribution is 7.99. The number of nitrogens with one attached hydrogen (secondary N) is 1. The number of carbonyl (C=O) groups is 1. The molecular weight excluding hydrogens is 402 g/mol. The van der Waals surface area contributed by atoms with Crippen molar-refractivity contribution in [2.45, 2.75) is 6.42 Å². The molecule has 0 spiro atoms. The molecule has 0 unspecified atom stereocenters. The van der Waals surface area contributed by atoms with Crippen molar-refractivity contribution in [2.24, 2.45) is 0 Å². The normalized spacial score (nSPS) is 14.3. The number of rotatable bonds is 5. The molecule has 1 amide bonds. The molecule has 8 heteroatoms. The summed E-state index contributed by atoms with van der Waals surface area (Å²) >= 11 is 9.95. The van der Waals surface area contributed by atoms with Crippen molar-refractivity contribution in [2.75, 3.05) is 34.8 Å². The van der Waals surface area contributed by atoms with Crippen LogP contribution < -0.4 is 10.2 Å². The average Bonchev–Trinajstić information content (AvgIpc) is 3.34. The maximum absolute atomic E-state index is 12.3. The standard InChI is InChI=1S/C19H18ClN3O2S2/c20-15-10-13(3-4-16(15)23-5-8-26-9-6-23)21-18(24)11-14-12-25-19(22-14)17-2-1-7-27-17/h1-4,7,10,12H,5-6,8-9,11H2,(H,21,24). The zero-order chi connectivity index (χ0) is 18.6. The summed E-state index contributed by atoms with van der Waals surface area (Å²) in [7, 11) is 0. The van der Waals surface area contributed by atoms with Crippen molar-refractivity contribution < 1.29 is 9.21 Å². The largest absolute Gasteiger partial charge is 0.444 e. The summed E-state index contributed by atoms with van der Waals surface area (Å²) in [5.74, 6) is 2.61. The van der Waals surface area contributed by atoms with Crippen molar-refractivity contribution in [3.63, 3.8) is 0 Å². The van der Waals surface area contributed by atoms with Crippen molar-refractivity contribution >= 4 is 52.0 Å². The molecule has 1 aromatic carbocycles. The number of halogens is 1. The van der Waals surface area contributed by atoms with E-state index in [1.165, 1.54) is 6.26 Å². The molecule has 0 aliphatic carbocycles. The smallest absolute Gasteiger partial charge is 0.236 e. The summed E-state index contributed by atoms with van der Waals surface area (Å²) in [4.78, 5) is 19.9. The fourth-order valence-corrected chi connectivity index (χ4v) is 4.78. The number of nitrogens with zero attached hydrogens (tertiary/aromatic N) is 2. The number of thioether (sulfide) groups is 1. The lowest BCUT2D eigenvalue weighted by atomic mass is 10.2. The number of hydrogen-bond acceptors (Lipinski definition) is 6. The van der Waals surface area contributed by atoms with E-state index in [9.17, 15) is 4.79 Å². The van der Waals surface area contributed by atoms with E-state index >= 15 is 0 Å². The highest BCUT2D eigenvalue weighted by Crippen LogP contribution is 2.30. The summed E-state index contributed by atoms with van der Waals surface area (Å²) in [5, 5.41) is 5.49. The van der Waals surface area contributed by atoms with Gasteiger partial charge in [-0.25, -0.2) is 4.98 Å². The summed E-state index contributed by atoms with van der Waals surface area (Å²) < 4.78 is 5.45. The minimum Gasteiger partial charge on any atom is -0.444 e. The van der Waals surface area contributed by atoms with E-state index < -0.39 is 0 Å². The molecule has 1 aliphatic heterocycles. The van der Waals surface area contributed by atoms with Gasteiger partial charge in [0, 0.05) is 30.3 Å². The van der Waals surface area contributed by atoms with Gasteiger partial charge in [0.25, 0.3) is 0 Å². The molecule has 140 valence electrons. The van der Waals surface area contributed by atoms with Crippen LogP contribution in [0.1, 0.15) is 5.69 Å². The Kier molecular flexibility index (Phi) is 5.71. The molecular formula is C19H18ClN3O2S2. The van der Waals surface area contributed by atoms with Gasteiger partial charge in [0.2, 0.25) is 11.8 Å². The molecule has 0 bridgehead atoms. The number of carbonyl (C=O) groups excluding carboxylic acids is 1. The third-order valence-corrected chi connectivity index (χ3v) is 6.31. The van der Waals surface area contributed by atoms with E-state index in [2.05, 4.69) is 15.2 Å². The van der Waals surface area contributed by atoms with Gasteiger partial charge in [-0.3, -0.25) is 4.79 Å². The van der Waals surface area contributed by atoms with Crippen LogP contribution in [-0.2, 0) is 11.2 Å². The molecule has 27 heavy (non-hydrogen) atoms. The molecule has 4 rings (SSSR count). The fourth-order valence-electron chi connectivity index (χ4n) is 2.92. The number of hydrogen-bond donors (Lipinski definition) is 1. The fraction of sp³-hybridized carbons (Fsp3) is 0.263. The van der Waals surface area contributed by atoms with Crippen LogP contribution in [0.15, 0.2) is 46.4 Å². The van der Waals surface area contributed by atoms with Crippen molar-refractivity contribution in [1.82, 2.24) is 4.98 Å². The predicted octanol–water partition coefficient (Wildman–Crippen LogP) is 4.79. The Morgan fingerprint density at radius 3 is 2.89 bits per heavy atom. The average molecular weight is 420 g/mol. The van der Waals surface area contributed by atoms with Crippen molar-refractivity contribution in [3.8, 4) is 10.8 Å². The topological polar surface area (TPSA) is 58.4 Å². The summed E-state index contributed by atoms with van der Waals surface area (Å²) in [6, 6.07) is 9.54. The maximum Gasteiger partial charge on any atom is 0.236 e. The Balaban J connectivity index is 1.38. The minimum absolute atomic E-state index is 0.150. The second-order valence-electron chi connectivity index (χ2n) is 6.11. The number of oxazole rings is 1. The molecule has 1 fully saturated rings. The van der Waals surface area contributed by atoms with Gasteiger partial charge >= 0.3 is 0 Å². The highest BCUT2D eigenvalue weighted by Gasteiger charge is 2.15. The van der Waals surface area contributed by atoms with Gasteiger partial charge < -0.3 is 14.6 Å². The third kappa shape index (κ3) is 4.48. The second kappa shape index (κ2) is 8.37. The van der Waals surface area contributed by atoms with Gasteiger partial charge in [-0.2, -0.15) is 11.8 Å². The molecule has 5 nitrogen and oxygen atoms in total. The van der Waals surface area contributed by atoms with Gasteiger partial charge in [-0.05, 0) is 29.6 Å². The van der Waals surface area contributed by atoms with Crippen LogP contribution in [-0.4, -0.2) is 35.5 Å². The molecule has 3 aromatic rings. The molecule has 3 heterocycles. The lowest BCUT2D eigenvalue weighted by Gasteiger charge is -2.29. The van der Waals surface area contributed by atoms with Gasteiger partial charge in [0.1, 0.15) is 6.26 Å². The van der Waals surface area contributed by atoms with E-state index in [4.69, 9.17) is 16.0 Å². The van der Waals surface area contributed by atoms with Crippen LogP contribution >= 0.6 is 34.7 Å². The van der Waals surface area contributed by atoms with Crippen LogP contribution in [0.3, 0.4) is 0 Å². The Labute approximate surface area is 170 Å². The maximum atomic E-state index is 12.3. The monoisotopic (exact) mass is 419 g/mol. The molecule has 0 radical (unpaired) electrons.